The Morgan fingerprint density at radius 2 is 1.61 bits per heavy atom. The van der Waals surface area contributed by atoms with E-state index in [-0.39, 0.29) is 18.4 Å². The van der Waals surface area contributed by atoms with Gasteiger partial charge in [-0.2, -0.15) is 5.10 Å². The smallest absolute Gasteiger partial charge is 0.271 e. The summed E-state index contributed by atoms with van der Waals surface area (Å²) >= 11 is 1.51. The third-order valence-corrected chi connectivity index (χ3v) is 7.04. The Hall–Kier alpha value is -5.68. The van der Waals surface area contributed by atoms with Gasteiger partial charge in [-0.3, -0.25) is 9.59 Å². The van der Waals surface area contributed by atoms with Crippen molar-refractivity contribution in [2.24, 2.45) is 5.10 Å². The van der Waals surface area contributed by atoms with Crippen LogP contribution in [-0.4, -0.2) is 43.8 Å². The molecule has 0 unspecified atom stereocenters. The van der Waals surface area contributed by atoms with Gasteiger partial charge in [0.15, 0.2) is 23.2 Å². The van der Waals surface area contributed by atoms with E-state index in [4.69, 9.17) is 14.2 Å². The Morgan fingerprint density at radius 3 is 2.39 bits per heavy atom. The van der Waals surface area contributed by atoms with Crippen molar-refractivity contribution in [1.29, 1.82) is 0 Å². The van der Waals surface area contributed by atoms with E-state index in [2.05, 4.69) is 26.1 Å². The Balaban J connectivity index is 1.13. The SMILES string of the molecule is COc1ccccc1NC(=O)COc1ccc(/C=N/NC(=O)c2ccc(-c3csc(Nc4ccccc4)n3)cc2)cc1OC. The fourth-order valence-corrected chi connectivity index (χ4v) is 4.83. The average molecular weight is 608 g/mol. The van der Waals surface area contributed by atoms with E-state index >= 15 is 0 Å². The molecule has 1 aromatic heterocycles. The number of rotatable bonds is 12. The minimum Gasteiger partial charge on any atom is -0.495 e. The molecule has 1 heterocycles. The molecule has 0 atom stereocenters. The summed E-state index contributed by atoms with van der Waals surface area (Å²) in [6, 6.07) is 29.2. The van der Waals surface area contributed by atoms with Crippen LogP contribution in [0.4, 0.5) is 16.5 Å². The number of amides is 2. The van der Waals surface area contributed by atoms with Gasteiger partial charge in [0.25, 0.3) is 11.8 Å². The lowest BCUT2D eigenvalue weighted by Gasteiger charge is -2.12. The van der Waals surface area contributed by atoms with E-state index in [1.807, 2.05) is 53.9 Å². The van der Waals surface area contributed by atoms with Crippen molar-refractivity contribution in [2.75, 3.05) is 31.5 Å². The van der Waals surface area contributed by atoms with Crippen molar-refractivity contribution >= 4 is 45.9 Å². The minimum absolute atomic E-state index is 0.231. The van der Waals surface area contributed by atoms with Gasteiger partial charge >= 0.3 is 0 Å². The van der Waals surface area contributed by atoms with Gasteiger partial charge < -0.3 is 24.8 Å². The number of nitrogens with zero attached hydrogens (tertiary/aromatic N) is 2. The molecule has 0 bridgehead atoms. The van der Waals surface area contributed by atoms with Crippen LogP contribution in [0.1, 0.15) is 15.9 Å². The summed E-state index contributed by atoms with van der Waals surface area (Å²) in [7, 11) is 3.03. The van der Waals surface area contributed by atoms with Crippen molar-refractivity contribution in [3.63, 3.8) is 0 Å². The highest BCUT2D eigenvalue weighted by atomic mass is 32.1. The topological polar surface area (TPSA) is 123 Å². The van der Waals surface area contributed by atoms with Crippen LogP contribution in [0, 0.1) is 0 Å². The molecule has 5 rings (SSSR count). The van der Waals surface area contributed by atoms with Gasteiger partial charge in [0.2, 0.25) is 0 Å². The fourth-order valence-electron chi connectivity index (χ4n) is 4.09. The predicted molar refractivity (Wildman–Crippen MR) is 172 cm³/mol. The molecule has 11 heteroatoms. The first-order chi connectivity index (χ1) is 21.5. The van der Waals surface area contributed by atoms with Crippen LogP contribution in [0.5, 0.6) is 17.2 Å². The number of carbonyl (C=O) groups excluding carboxylic acids is 2. The van der Waals surface area contributed by atoms with E-state index < -0.39 is 0 Å². The molecule has 0 aliphatic heterocycles. The fraction of sp³-hybridized carbons (Fsp3) is 0.0909. The molecule has 44 heavy (non-hydrogen) atoms. The second kappa shape index (κ2) is 14.5. The molecular formula is C33H29N5O5S. The Labute approximate surface area is 258 Å². The second-order valence-electron chi connectivity index (χ2n) is 9.25. The highest BCUT2D eigenvalue weighted by molar-refractivity contribution is 7.14. The molecule has 0 aliphatic carbocycles. The first-order valence-electron chi connectivity index (χ1n) is 13.5. The molecule has 0 aliphatic rings. The first kappa shape index (κ1) is 29.8. The van der Waals surface area contributed by atoms with Crippen LogP contribution in [0.25, 0.3) is 11.3 Å². The number of ether oxygens (including phenoxy) is 3. The molecule has 5 aromatic rings. The molecule has 0 radical (unpaired) electrons. The summed E-state index contributed by atoms with van der Waals surface area (Å²) in [6.07, 6.45) is 1.49. The maximum absolute atomic E-state index is 12.6. The molecule has 0 fully saturated rings. The number of aromatic nitrogens is 1. The lowest BCUT2D eigenvalue weighted by Crippen LogP contribution is -2.20. The number of hydrogen-bond donors (Lipinski definition) is 3. The zero-order chi connectivity index (χ0) is 30.7. The molecule has 0 spiro atoms. The van der Waals surface area contributed by atoms with Gasteiger partial charge in [-0.25, -0.2) is 10.4 Å². The predicted octanol–water partition coefficient (Wildman–Crippen LogP) is 6.35. The molecule has 0 saturated carbocycles. The average Bonchev–Trinajstić information content (AvgIpc) is 3.53. The Bertz CT molecular complexity index is 1760. The van der Waals surface area contributed by atoms with Crippen molar-refractivity contribution < 1.29 is 23.8 Å². The number of anilines is 3. The van der Waals surface area contributed by atoms with Gasteiger partial charge in [-0.05, 0) is 60.2 Å². The lowest BCUT2D eigenvalue weighted by molar-refractivity contribution is -0.118. The van der Waals surface area contributed by atoms with E-state index in [9.17, 15) is 9.59 Å². The van der Waals surface area contributed by atoms with E-state index in [1.165, 1.54) is 31.8 Å². The van der Waals surface area contributed by atoms with Gasteiger partial charge in [0, 0.05) is 22.2 Å². The first-order valence-corrected chi connectivity index (χ1v) is 14.4. The maximum atomic E-state index is 12.6. The number of carbonyl (C=O) groups is 2. The van der Waals surface area contributed by atoms with E-state index in [0.717, 1.165) is 22.1 Å². The normalized spacial score (nSPS) is 10.7. The Kier molecular flexibility index (Phi) is 9.80. The maximum Gasteiger partial charge on any atom is 0.271 e. The zero-order valence-electron chi connectivity index (χ0n) is 23.9. The van der Waals surface area contributed by atoms with Crippen molar-refractivity contribution in [3.8, 4) is 28.5 Å². The number of para-hydroxylation sites is 3. The van der Waals surface area contributed by atoms with Gasteiger partial charge in [0.1, 0.15) is 5.75 Å². The molecule has 10 nitrogen and oxygen atoms in total. The number of nitrogens with one attached hydrogen (secondary N) is 3. The molecule has 2 amide bonds. The van der Waals surface area contributed by atoms with Gasteiger partial charge in [-0.1, -0.05) is 42.5 Å². The van der Waals surface area contributed by atoms with Crippen molar-refractivity contribution in [1.82, 2.24) is 10.4 Å². The van der Waals surface area contributed by atoms with Gasteiger partial charge in [0.05, 0.1) is 31.8 Å². The summed E-state index contributed by atoms with van der Waals surface area (Å²) < 4.78 is 16.3. The number of methoxy groups -OCH3 is 2. The van der Waals surface area contributed by atoms with E-state index in [1.54, 1.807) is 48.5 Å². The monoisotopic (exact) mass is 607 g/mol. The zero-order valence-corrected chi connectivity index (χ0v) is 24.8. The standard InChI is InChI=1S/C33H29N5O5S/c1-41-28-11-7-6-10-26(28)36-31(39)20-43-29-17-12-22(18-30(29)42-2)19-34-38-32(40)24-15-13-23(14-16-24)27-21-44-33(37-27)35-25-8-4-3-5-9-25/h3-19,21H,20H2,1-2H3,(H,35,37)(H,36,39)(H,38,40)/b34-19+. The molecule has 4 aromatic carbocycles. The van der Waals surface area contributed by atoms with Crippen LogP contribution in [0.2, 0.25) is 0 Å². The third-order valence-electron chi connectivity index (χ3n) is 6.28. The van der Waals surface area contributed by atoms with Crippen LogP contribution in [0.3, 0.4) is 0 Å². The highest BCUT2D eigenvalue weighted by Gasteiger charge is 2.12. The van der Waals surface area contributed by atoms with Crippen molar-refractivity contribution in [3.05, 3.63) is 114 Å². The summed E-state index contributed by atoms with van der Waals surface area (Å²) in [5.74, 6) is 0.629. The Morgan fingerprint density at radius 1 is 0.864 bits per heavy atom. The van der Waals surface area contributed by atoms with Gasteiger partial charge in [-0.15, -0.1) is 11.3 Å². The van der Waals surface area contributed by atoms with Crippen molar-refractivity contribution in [2.45, 2.75) is 0 Å². The molecule has 222 valence electrons. The lowest BCUT2D eigenvalue weighted by atomic mass is 10.1. The van der Waals surface area contributed by atoms with Crippen LogP contribution in [-0.2, 0) is 4.79 Å². The summed E-state index contributed by atoms with van der Waals surface area (Å²) in [5, 5.41) is 12.9. The quantitative estimate of drug-likeness (QED) is 0.112. The van der Waals surface area contributed by atoms with E-state index in [0.29, 0.717) is 34.1 Å². The number of benzene rings is 4. The molecular weight excluding hydrogens is 578 g/mol. The number of hydrogen-bond acceptors (Lipinski definition) is 9. The third kappa shape index (κ3) is 7.78. The summed E-state index contributed by atoms with van der Waals surface area (Å²) in [4.78, 5) is 29.7. The molecule has 0 saturated heterocycles. The minimum atomic E-state index is -0.356. The highest BCUT2D eigenvalue weighted by Crippen LogP contribution is 2.29. The number of hydrazone groups is 1. The van der Waals surface area contributed by atoms with Crippen LogP contribution >= 0.6 is 11.3 Å². The molecule has 3 N–H and O–H groups in total. The second-order valence-corrected chi connectivity index (χ2v) is 10.1. The number of thiazole rings is 1. The van der Waals surface area contributed by atoms with Crippen LogP contribution < -0.4 is 30.3 Å². The van der Waals surface area contributed by atoms with Crippen LogP contribution in [0.15, 0.2) is 108 Å². The summed E-state index contributed by atoms with van der Waals surface area (Å²) in [5.41, 5.74) is 6.88. The summed E-state index contributed by atoms with van der Waals surface area (Å²) in [6.45, 7) is -0.231. The largest absolute Gasteiger partial charge is 0.495 e.